The SMILES string of the molecule is c1cc(-c2cccc(-n3c4ccc5oc6ccccc6c5c4c4cccnc43)c2)cc(-n2c3ccccc3c3ccccc32)c1. The van der Waals surface area contributed by atoms with Crippen molar-refractivity contribution in [3.05, 3.63) is 152 Å². The molecule has 0 saturated carbocycles. The first-order chi connectivity index (χ1) is 22.3. The molecule has 10 aromatic rings. The summed E-state index contributed by atoms with van der Waals surface area (Å²) in [6.07, 6.45) is 1.88. The lowest BCUT2D eigenvalue weighted by Crippen LogP contribution is -1.96. The van der Waals surface area contributed by atoms with Gasteiger partial charge in [0.15, 0.2) is 0 Å². The van der Waals surface area contributed by atoms with Crippen LogP contribution in [0.2, 0.25) is 0 Å². The first kappa shape index (κ1) is 24.3. The molecule has 10 rings (SSSR count). The molecule has 0 radical (unpaired) electrons. The number of furan rings is 1. The highest BCUT2D eigenvalue weighted by molar-refractivity contribution is 6.27. The van der Waals surface area contributed by atoms with E-state index in [1.165, 1.54) is 27.2 Å². The molecule has 4 heterocycles. The number of para-hydroxylation sites is 3. The fourth-order valence-corrected chi connectivity index (χ4v) is 7.26. The van der Waals surface area contributed by atoms with Crippen LogP contribution in [0.3, 0.4) is 0 Å². The Labute approximate surface area is 258 Å². The minimum Gasteiger partial charge on any atom is -0.456 e. The molecule has 0 spiro atoms. The molecule has 0 bridgehead atoms. The van der Waals surface area contributed by atoms with Crippen molar-refractivity contribution in [1.29, 1.82) is 0 Å². The van der Waals surface area contributed by atoms with Gasteiger partial charge in [-0.3, -0.25) is 4.57 Å². The first-order valence-electron chi connectivity index (χ1n) is 15.2. The van der Waals surface area contributed by atoms with Crippen LogP contribution in [0.4, 0.5) is 0 Å². The van der Waals surface area contributed by atoms with Gasteiger partial charge in [-0.15, -0.1) is 0 Å². The largest absolute Gasteiger partial charge is 0.456 e. The van der Waals surface area contributed by atoms with Crippen LogP contribution in [0.1, 0.15) is 0 Å². The van der Waals surface area contributed by atoms with E-state index in [0.717, 1.165) is 61.0 Å². The van der Waals surface area contributed by atoms with E-state index in [9.17, 15) is 0 Å². The van der Waals surface area contributed by atoms with E-state index in [2.05, 4.69) is 137 Å². The second-order valence-corrected chi connectivity index (χ2v) is 11.6. The number of nitrogens with zero attached hydrogens (tertiary/aromatic N) is 3. The molecule has 0 fully saturated rings. The van der Waals surface area contributed by atoms with Crippen molar-refractivity contribution < 1.29 is 4.42 Å². The highest BCUT2D eigenvalue weighted by Gasteiger charge is 2.19. The summed E-state index contributed by atoms with van der Waals surface area (Å²) in [5.41, 5.74) is 10.8. The molecule has 4 heteroatoms. The van der Waals surface area contributed by atoms with Gasteiger partial charge < -0.3 is 8.98 Å². The van der Waals surface area contributed by atoms with Crippen LogP contribution in [-0.2, 0) is 0 Å². The van der Waals surface area contributed by atoms with Gasteiger partial charge in [-0.1, -0.05) is 78.9 Å². The normalized spacial score (nSPS) is 12.0. The highest BCUT2D eigenvalue weighted by atomic mass is 16.3. The molecule has 6 aromatic carbocycles. The molecule has 0 N–H and O–H groups in total. The lowest BCUT2D eigenvalue weighted by molar-refractivity contribution is 0.669. The fourth-order valence-electron chi connectivity index (χ4n) is 7.26. The highest BCUT2D eigenvalue weighted by Crippen LogP contribution is 2.41. The van der Waals surface area contributed by atoms with Crippen LogP contribution in [0, 0.1) is 0 Å². The smallest absolute Gasteiger partial charge is 0.145 e. The van der Waals surface area contributed by atoms with Gasteiger partial charge in [0.05, 0.1) is 16.6 Å². The summed E-state index contributed by atoms with van der Waals surface area (Å²) in [4.78, 5) is 4.90. The van der Waals surface area contributed by atoms with Crippen LogP contribution in [-0.4, -0.2) is 14.1 Å². The first-order valence-corrected chi connectivity index (χ1v) is 15.2. The number of aromatic nitrogens is 3. The van der Waals surface area contributed by atoms with Crippen molar-refractivity contribution in [2.45, 2.75) is 0 Å². The fraction of sp³-hybridized carbons (Fsp3) is 0. The Morgan fingerprint density at radius 1 is 0.422 bits per heavy atom. The van der Waals surface area contributed by atoms with E-state index in [1.54, 1.807) is 0 Å². The lowest BCUT2D eigenvalue weighted by atomic mass is 10.0. The van der Waals surface area contributed by atoms with Gasteiger partial charge in [0.1, 0.15) is 16.8 Å². The zero-order valence-corrected chi connectivity index (χ0v) is 24.2. The molecule has 0 saturated heterocycles. The molecule has 4 nitrogen and oxygen atoms in total. The Morgan fingerprint density at radius 2 is 1.04 bits per heavy atom. The molecule has 0 aliphatic rings. The molecule has 0 atom stereocenters. The molecule has 4 aromatic heterocycles. The van der Waals surface area contributed by atoms with Gasteiger partial charge in [-0.25, -0.2) is 4.98 Å². The number of pyridine rings is 1. The molecule has 0 aliphatic carbocycles. The Balaban J connectivity index is 1.18. The molecule has 0 aliphatic heterocycles. The van der Waals surface area contributed by atoms with E-state index in [0.29, 0.717) is 0 Å². The summed E-state index contributed by atoms with van der Waals surface area (Å²) in [5, 5.41) is 7.06. The Morgan fingerprint density at radius 3 is 1.78 bits per heavy atom. The zero-order chi connectivity index (χ0) is 29.5. The van der Waals surface area contributed by atoms with Gasteiger partial charge in [0.2, 0.25) is 0 Å². The number of benzene rings is 6. The predicted molar refractivity (Wildman–Crippen MR) is 186 cm³/mol. The van der Waals surface area contributed by atoms with Crippen LogP contribution in [0.25, 0.3) is 88.2 Å². The van der Waals surface area contributed by atoms with Crippen LogP contribution < -0.4 is 0 Å². The Kier molecular flexibility index (Phi) is 4.96. The van der Waals surface area contributed by atoms with Gasteiger partial charge in [-0.05, 0) is 77.9 Å². The van der Waals surface area contributed by atoms with Crippen LogP contribution >= 0.6 is 0 Å². The van der Waals surface area contributed by atoms with E-state index < -0.39 is 0 Å². The van der Waals surface area contributed by atoms with Crippen LogP contribution in [0.5, 0.6) is 0 Å². The summed E-state index contributed by atoms with van der Waals surface area (Å²) in [6.45, 7) is 0. The number of rotatable bonds is 3. The molecular formula is C41H25N3O. The quantitative estimate of drug-likeness (QED) is 0.210. The Hall–Kier alpha value is -6.13. The minimum atomic E-state index is 0.891. The van der Waals surface area contributed by atoms with E-state index in [-0.39, 0.29) is 0 Å². The van der Waals surface area contributed by atoms with Crippen LogP contribution in [0.15, 0.2) is 156 Å². The van der Waals surface area contributed by atoms with Gasteiger partial charge in [-0.2, -0.15) is 0 Å². The molecule has 45 heavy (non-hydrogen) atoms. The zero-order valence-electron chi connectivity index (χ0n) is 24.2. The summed E-state index contributed by atoms with van der Waals surface area (Å²) in [7, 11) is 0. The maximum Gasteiger partial charge on any atom is 0.145 e. The van der Waals surface area contributed by atoms with Crippen molar-refractivity contribution in [1.82, 2.24) is 14.1 Å². The summed E-state index contributed by atoms with van der Waals surface area (Å²) < 4.78 is 10.9. The average Bonchev–Trinajstić information content (AvgIpc) is 3.76. The molecule has 210 valence electrons. The van der Waals surface area contributed by atoms with Crippen molar-refractivity contribution in [3.63, 3.8) is 0 Å². The van der Waals surface area contributed by atoms with E-state index in [1.807, 2.05) is 24.4 Å². The summed E-state index contributed by atoms with van der Waals surface area (Å²) >= 11 is 0. The molecule has 0 amide bonds. The second-order valence-electron chi connectivity index (χ2n) is 11.6. The van der Waals surface area contributed by atoms with Crippen molar-refractivity contribution >= 4 is 65.7 Å². The Bertz CT molecular complexity index is 2720. The standard InChI is InChI=1S/C41H25N3O/c1-4-18-34-30(14-1)31-15-2-5-19-35(31)43(34)28-12-7-10-26(24-28)27-11-8-13-29(25-27)44-36-21-22-38-40(32-16-3-6-20-37(32)45-38)39(36)33-17-9-23-42-41(33)44/h1-25H. The molecule has 0 unspecified atom stereocenters. The van der Waals surface area contributed by atoms with Gasteiger partial charge in [0, 0.05) is 49.9 Å². The third-order valence-electron chi connectivity index (χ3n) is 9.15. The monoisotopic (exact) mass is 575 g/mol. The van der Waals surface area contributed by atoms with E-state index >= 15 is 0 Å². The van der Waals surface area contributed by atoms with Gasteiger partial charge in [0.25, 0.3) is 0 Å². The number of hydrogen-bond acceptors (Lipinski definition) is 2. The maximum absolute atomic E-state index is 6.27. The predicted octanol–water partition coefficient (Wildman–Crippen LogP) is 10.8. The van der Waals surface area contributed by atoms with E-state index in [4.69, 9.17) is 9.40 Å². The topological polar surface area (TPSA) is 35.9 Å². The maximum atomic E-state index is 6.27. The minimum absolute atomic E-state index is 0.891. The summed E-state index contributed by atoms with van der Waals surface area (Å²) in [6, 6.07) is 51.6. The molecular weight excluding hydrogens is 550 g/mol. The summed E-state index contributed by atoms with van der Waals surface area (Å²) in [5.74, 6) is 0. The number of hydrogen-bond donors (Lipinski definition) is 0. The lowest BCUT2D eigenvalue weighted by Gasteiger charge is -2.12. The third-order valence-corrected chi connectivity index (χ3v) is 9.15. The number of fused-ring (bicyclic) bond motifs is 10. The third kappa shape index (κ3) is 3.45. The van der Waals surface area contributed by atoms with Crippen molar-refractivity contribution in [3.8, 4) is 22.5 Å². The van der Waals surface area contributed by atoms with Crippen molar-refractivity contribution in [2.75, 3.05) is 0 Å². The second kappa shape index (κ2) is 9.18. The van der Waals surface area contributed by atoms with Gasteiger partial charge >= 0.3 is 0 Å². The van der Waals surface area contributed by atoms with Crippen molar-refractivity contribution in [2.24, 2.45) is 0 Å². The average molecular weight is 576 g/mol.